The molecule has 0 bridgehead atoms. The average molecular weight is 386 g/mol. The summed E-state index contributed by atoms with van der Waals surface area (Å²) in [5.74, 6) is 0.205. The Morgan fingerprint density at radius 1 is 1.26 bits per heavy atom. The van der Waals surface area contributed by atoms with Gasteiger partial charge in [0.15, 0.2) is 11.5 Å². The van der Waals surface area contributed by atoms with E-state index in [1.54, 1.807) is 18.3 Å². The number of nitrogens with two attached hydrogens (primary N) is 3. The molecule has 1 saturated carbocycles. The number of nitrogens with zero attached hydrogens (tertiary/aromatic N) is 3. The zero-order valence-electron chi connectivity index (χ0n) is 14.7. The average Bonchev–Trinajstić information content (AvgIpc) is 2.64. The van der Waals surface area contributed by atoms with Crippen LogP contribution >= 0.6 is 12.2 Å². The molecule has 1 amide bonds. The molecule has 142 valence electrons. The Balaban J connectivity index is 1.84. The van der Waals surface area contributed by atoms with Gasteiger partial charge in [-0.2, -0.15) is 0 Å². The summed E-state index contributed by atoms with van der Waals surface area (Å²) in [4.78, 5) is 24.5. The van der Waals surface area contributed by atoms with Crippen LogP contribution in [0.1, 0.15) is 41.7 Å². The van der Waals surface area contributed by atoms with Crippen LogP contribution in [-0.4, -0.2) is 37.9 Å². The number of pyridine rings is 1. The van der Waals surface area contributed by atoms with E-state index in [1.165, 1.54) is 6.20 Å². The van der Waals surface area contributed by atoms with E-state index in [1.807, 2.05) is 0 Å². The molecule has 2 heterocycles. The van der Waals surface area contributed by atoms with Crippen molar-refractivity contribution in [2.24, 2.45) is 11.5 Å². The van der Waals surface area contributed by atoms with Gasteiger partial charge in [0.25, 0.3) is 5.91 Å². The van der Waals surface area contributed by atoms with Gasteiger partial charge in [0.2, 0.25) is 0 Å². The molecule has 0 spiro atoms. The van der Waals surface area contributed by atoms with E-state index in [0.717, 1.165) is 25.7 Å². The Morgan fingerprint density at radius 2 is 2.04 bits per heavy atom. The number of rotatable bonds is 5. The zero-order chi connectivity index (χ0) is 19.4. The molecule has 9 nitrogen and oxygen atoms in total. The van der Waals surface area contributed by atoms with Crippen molar-refractivity contribution in [3.8, 4) is 0 Å². The van der Waals surface area contributed by atoms with Gasteiger partial charge >= 0.3 is 0 Å². The summed E-state index contributed by atoms with van der Waals surface area (Å²) in [6.07, 6.45) is 7.17. The minimum Gasteiger partial charge on any atom is -0.383 e. The van der Waals surface area contributed by atoms with Crippen molar-refractivity contribution in [1.82, 2.24) is 15.0 Å². The van der Waals surface area contributed by atoms with Gasteiger partial charge in [-0.05, 0) is 25.0 Å². The number of nitrogens with one attached hydrogen (secondary N) is 2. The molecule has 2 aromatic rings. The van der Waals surface area contributed by atoms with Crippen molar-refractivity contribution in [2.75, 3.05) is 16.4 Å². The van der Waals surface area contributed by atoms with Crippen molar-refractivity contribution < 1.29 is 4.79 Å². The van der Waals surface area contributed by atoms with Gasteiger partial charge in [0, 0.05) is 18.3 Å². The van der Waals surface area contributed by atoms with Crippen LogP contribution in [0.4, 0.5) is 17.5 Å². The molecule has 2 atom stereocenters. The third-order valence-corrected chi connectivity index (χ3v) is 4.80. The van der Waals surface area contributed by atoms with Crippen LogP contribution in [0.25, 0.3) is 0 Å². The minimum atomic E-state index is -0.715. The minimum absolute atomic E-state index is 0.0155. The molecule has 1 fully saturated rings. The second kappa shape index (κ2) is 8.23. The number of aromatic nitrogens is 3. The van der Waals surface area contributed by atoms with Crippen LogP contribution in [-0.2, 0) is 0 Å². The summed E-state index contributed by atoms with van der Waals surface area (Å²) in [6.45, 7) is 0. The predicted molar refractivity (Wildman–Crippen MR) is 108 cm³/mol. The van der Waals surface area contributed by atoms with Crippen molar-refractivity contribution in [1.29, 1.82) is 0 Å². The van der Waals surface area contributed by atoms with Gasteiger partial charge in [-0.15, -0.1) is 0 Å². The SMILES string of the molecule is NC(=O)c1ncc(NC2CCCC[C@@H]2N)nc1NC(=S)c1cccnc1N. The first kappa shape index (κ1) is 18.9. The van der Waals surface area contributed by atoms with E-state index in [2.05, 4.69) is 25.6 Å². The highest BCUT2D eigenvalue weighted by Gasteiger charge is 2.23. The molecule has 3 rings (SSSR count). The number of carbonyl (C=O) groups excluding carboxylic acids is 1. The molecule has 27 heavy (non-hydrogen) atoms. The fourth-order valence-electron chi connectivity index (χ4n) is 3.04. The molecule has 1 aliphatic carbocycles. The highest BCUT2D eigenvalue weighted by Crippen LogP contribution is 2.22. The van der Waals surface area contributed by atoms with Crippen molar-refractivity contribution >= 4 is 40.6 Å². The number of carbonyl (C=O) groups is 1. The first-order valence-corrected chi connectivity index (χ1v) is 9.07. The fourth-order valence-corrected chi connectivity index (χ4v) is 3.31. The Bertz CT molecular complexity index is 859. The number of primary amides is 1. The van der Waals surface area contributed by atoms with E-state index in [0.29, 0.717) is 11.4 Å². The molecular weight excluding hydrogens is 364 g/mol. The van der Waals surface area contributed by atoms with Crippen molar-refractivity contribution in [3.63, 3.8) is 0 Å². The van der Waals surface area contributed by atoms with Gasteiger partial charge in [-0.3, -0.25) is 4.79 Å². The normalized spacial score (nSPS) is 19.3. The second-order valence-electron chi connectivity index (χ2n) is 6.41. The molecule has 10 heteroatoms. The lowest BCUT2D eigenvalue weighted by Crippen LogP contribution is -2.42. The first-order valence-electron chi connectivity index (χ1n) is 8.66. The van der Waals surface area contributed by atoms with Crippen molar-refractivity contribution in [2.45, 2.75) is 37.8 Å². The lowest BCUT2D eigenvalue weighted by Gasteiger charge is -2.29. The summed E-state index contributed by atoms with van der Waals surface area (Å²) in [6, 6.07) is 3.58. The maximum absolute atomic E-state index is 11.7. The van der Waals surface area contributed by atoms with Gasteiger partial charge < -0.3 is 27.8 Å². The number of nitrogen functional groups attached to an aromatic ring is 1. The zero-order valence-corrected chi connectivity index (χ0v) is 15.5. The molecule has 0 aromatic carbocycles. The molecule has 8 N–H and O–H groups in total. The van der Waals surface area contributed by atoms with Crippen LogP contribution in [0.15, 0.2) is 24.5 Å². The monoisotopic (exact) mass is 386 g/mol. The molecule has 2 aromatic heterocycles. The van der Waals surface area contributed by atoms with Crippen LogP contribution < -0.4 is 27.8 Å². The smallest absolute Gasteiger partial charge is 0.271 e. The number of anilines is 3. The molecule has 0 radical (unpaired) electrons. The van der Waals surface area contributed by atoms with E-state index >= 15 is 0 Å². The number of amides is 1. The lowest BCUT2D eigenvalue weighted by atomic mass is 9.91. The van der Waals surface area contributed by atoms with Gasteiger partial charge in [-0.1, -0.05) is 25.1 Å². The maximum Gasteiger partial charge on any atom is 0.271 e. The predicted octanol–water partition coefficient (Wildman–Crippen LogP) is 1.02. The van der Waals surface area contributed by atoms with Crippen LogP contribution in [0.5, 0.6) is 0 Å². The quantitative estimate of drug-likeness (QED) is 0.473. The standard InChI is InChI=1S/C17H22N8OS/c18-10-5-1-2-6-11(10)23-12-8-22-13(15(20)26)16(24-12)25-17(27)9-4-3-7-21-14(9)19/h3-4,7-8,10-11H,1-2,5-6,18H2,(H2,19,21)(H2,20,26)(H2,23,24,25,27)/t10-,11?/m0/s1. The molecule has 0 saturated heterocycles. The number of hydrogen-bond donors (Lipinski definition) is 5. The van der Waals surface area contributed by atoms with E-state index in [-0.39, 0.29) is 34.4 Å². The third kappa shape index (κ3) is 4.47. The number of hydrogen-bond acceptors (Lipinski definition) is 8. The van der Waals surface area contributed by atoms with Gasteiger partial charge in [0.1, 0.15) is 16.6 Å². The summed E-state index contributed by atoms with van der Waals surface area (Å²) in [5.41, 5.74) is 17.9. The topological polar surface area (TPSA) is 158 Å². The Hall–Kier alpha value is -2.85. The molecular formula is C17H22N8OS. The largest absolute Gasteiger partial charge is 0.383 e. The Kier molecular flexibility index (Phi) is 5.77. The Labute approximate surface area is 162 Å². The highest BCUT2D eigenvalue weighted by molar-refractivity contribution is 7.81. The summed E-state index contributed by atoms with van der Waals surface area (Å²) in [5, 5.41) is 6.19. The van der Waals surface area contributed by atoms with E-state index < -0.39 is 5.91 Å². The van der Waals surface area contributed by atoms with Gasteiger partial charge in [0.05, 0.1) is 11.8 Å². The Morgan fingerprint density at radius 3 is 2.74 bits per heavy atom. The van der Waals surface area contributed by atoms with Crippen LogP contribution in [0, 0.1) is 0 Å². The molecule has 0 aliphatic heterocycles. The van der Waals surface area contributed by atoms with Crippen LogP contribution in [0.3, 0.4) is 0 Å². The van der Waals surface area contributed by atoms with Gasteiger partial charge in [-0.25, -0.2) is 15.0 Å². The summed E-state index contributed by atoms with van der Waals surface area (Å²) < 4.78 is 0. The maximum atomic E-state index is 11.7. The van der Waals surface area contributed by atoms with E-state index in [4.69, 9.17) is 29.4 Å². The van der Waals surface area contributed by atoms with Crippen molar-refractivity contribution in [3.05, 3.63) is 35.8 Å². The first-order chi connectivity index (χ1) is 13.0. The molecule has 1 aliphatic rings. The van der Waals surface area contributed by atoms with Crippen LogP contribution in [0.2, 0.25) is 0 Å². The highest BCUT2D eigenvalue weighted by atomic mass is 32.1. The molecule has 1 unspecified atom stereocenters. The fraction of sp³-hybridized carbons (Fsp3) is 0.353. The second-order valence-corrected chi connectivity index (χ2v) is 6.81. The summed E-state index contributed by atoms with van der Waals surface area (Å²) in [7, 11) is 0. The third-order valence-electron chi connectivity index (χ3n) is 4.47. The number of thiocarbonyl (C=S) groups is 1. The lowest BCUT2D eigenvalue weighted by molar-refractivity contribution is 0.0996. The summed E-state index contributed by atoms with van der Waals surface area (Å²) >= 11 is 5.37. The van der Waals surface area contributed by atoms with E-state index in [9.17, 15) is 4.79 Å².